The lowest BCUT2D eigenvalue weighted by molar-refractivity contribution is 0.594. The molecule has 0 saturated heterocycles. The highest BCUT2D eigenvalue weighted by Crippen LogP contribution is 2.27. The summed E-state index contributed by atoms with van der Waals surface area (Å²) < 4.78 is 5.55. The Balaban J connectivity index is 1.52. The number of thioether (sulfide) groups is 1. The molecule has 6 heteroatoms. The van der Waals surface area contributed by atoms with Gasteiger partial charge in [-0.05, 0) is 29.5 Å². The van der Waals surface area contributed by atoms with Crippen LogP contribution in [0.25, 0.3) is 22.2 Å². The van der Waals surface area contributed by atoms with Gasteiger partial charge in [0.2, 0.25) is 5.71 Å². The summed E-state index contributed by atoms with van der Waals surface area (Å²) in [6, 6.07) is 18.7. The van der Waals surface area contributed by atoms with E-state index in [4.69, 9.17) is 10.2 Å². The first-order valence-electron chi connectivity index (χ1n) is 8.21. The fourth-order valence-electron chi connectivity index (χ4n) is 2.84. The minimum absolute atomic E-state index is 0.448. The van der Waals surface area contributed by atoms with E-state index in [1.54, 1.807) is 6.26 Å². The van der Waals surface area contributed by atoms with Crippen LogP contribution in [0.1, 0.15) is 5.56 Å². The Bertz CT molecular complexity index is 1030. The fourth-order valence-corrected chi connectivity index (χ4v) is 3.20. The van der Waals surface area contributed by atoms with Crippen molar-refractivity contribution in [2.24, 2.45) is 0 Å². The summed E-state index contributed by atoms with van der Waals surface area (Å²) >= 11 is 1.44. The molecule has 3 N–H and O–H groups in total. The highest BCUT2D eigenvalue weighted by atomic mass is 32.2. The van der Waals surface area contributed by atoms with E-state index in [2.05, 4.69) is 51.7 Å². The SMILES string of the molecule is CSc1nc(N)c2c(CNc3ccc(-c4ccccc4)cc3)coc2n1. The summed E-state index contributed by atoms with van der Waals surface area (Å²) in [6.07, 6.45) is 3.59. The topological polar surface area (TPSA) is 77.0 Å². The van der Waals surface area contributed by atoms with Crippen molar-refractivity contribution in [3.8, 4) is 11.1 Å². The Hall–Kier alpha value is -2.99. The van der Waals surface area contributed by atoms with Crippen LogP contribution >= 0.6 is 11.8 Å². The van der Waals surface area contributed by atoms with Crippen LogP contribution in [0.4, 0.5) is 11.5 Å². The maximum atomic E-state index is 6.08. The second-order valence-electron chi connectivity index (χ2n) is 5.83. The first-order chi connectivity index (χ1) is 12.7. The monoisotopic (exact) mass is 362 g/mol. The van der Waals surface area contributed by atoms with Crippen LogP contribution < -0.4 is 11.1 Å². The minimum Gasteiger partial charge on any atom is -0.446 e. The molecule has 0 spiro atoms. The zero-order chi connectivity index (χ0) is 17.9. The largest absolute Gasteiger partial charge is 0.446 e. The normalized spacial score (nSPS) is 11.0. The van der Waals surface area contributed by atoms with Crippen LogP contribution in [0.2, 0.25) is 0 Å². The number of hydrogen-bond donors (Lipinski definition) is 2. The molecule has 2 heterocycles. The summed E-state index contributed by atoms with van der Waals surface area (Å²) in [5.74, 6) is 0.448. The van der Waals surface area contributed by atoms with Gasteiger partial charge in [-0.15, -0.1) is 0 Å². The highest BCUT2D eigenvalue weighted by Gasteiger charge is 2.13. The minimum atomic E-state index is 0.448. The van der Waals surface area contributed by atoms with Crippen molar-refractivity contribution in [2.75, 3.05) is 17.3 Å². The summed E-state index contributed by atoms with van der Waals surface area (Å²) in [6.45, 7) is 0.587. The molecule has 0 aliphatic heterocycles. The number of fused-ring (bicyclic) bond motifs is 1. The van der Waals surface area contributed by atoms with Gasteiger partial charge >= 0.3 is 0 Å². The van der Waals surface area contributed by atoms with Gasteiger partial charge in [-0.25, -0.2) is 4.98 Å². The number of nitrogens with two attached hydrogens (primary N) is 1. The number of nitrogen functional groups attached to an aromatic ring is 1. The number of nitrogens with one attached hydrogen (secondary N) is 1. The van der Waals surface area contributed by atoms with Gasteiger partial charge in [0, 0.05) is 17.8 Å². The Morgan fingerprint density at radius 1 is 1.00 bits per heavy atom. The first-order valence-corrected chi connectivity index (χ1v) is 9.44. The zero-order valence-corrected chi connectivity index (χ0v) is 15.1. The van der Waals surface area contributed by atoms with Crippen LogP contribution in [0, 0.1) is 0 Å². The maximum absolute atomic E-state index is 6.08. The molecule has 0 radical (unpaired) electrons. The van der Waals surface area contributed by atoms with Gasteiger partial charge in [-0.1, -0.05) is 54.2 Å². The van der Waals surface area contributed by atoms with E-state index in [0.717, 1.165) is 16.6 Å². The molecule has 2 aromatic heterocycles. The summed E-state index contributed by atoms with van der Waals surface area (Å²) in [5, 5.41) is 4.78. The van der Waals surface area contributed by atoms with Crippen LogP contribution in [0.3, 0.4) is 0 Å². The summed E-state index contributed by atoms with van der Waals surface area (Å²) in [7, 11) is 0. The zero-order valence-electron chi connectivity index (χ0n) is 14.3. The van der Waals surface area contributed by atoms with E-state index in [-0.39, 0.29) is 0 Å². The quantitative estimate of drug-likeness (QED) is 0.392. The Morgan fingerprint density at radius 2 is 1.73 bits per heavy atom. The molecule has 4 rings (SSSR count). The third kappa shape index (κ3) is 3.23. The maximum Gasteiger partial charge on any atom is 0.232 e. The van der Waals surface area contributed by atoms with Gasteiger partial charge in [0.25, 0.3) is 0 Å². The van der Waals surface area contributed by atoms with Crippen molar-refractivity contribution in [1.82, 2.24) is 9.97 Å². The van der Waals surface area contributed by atoms with E-state index in [9.17, 15) is 0 Å². The fraction of sp³-hybridized carbons (Fsp3) is 0.100. The molecular weight excluding hydrogens is 344 g/mol. The molecule has 0 fully saturated rings. The standard InChI is InChI=1S/C20H18N4OS/c1-26-20-23-18(21)17-15(12-25-19(17)24-20)11-22-16-9-7-14(8-10-16)13-5-3-2-4-6-13/h2-10,12,22H,11H2,1H3,(H2,21,23,24). The van der Waals surface area contributed by atoms with Crippen LogP contribution in [0.5, 0.6) is 0 Å². The number of furan rings is 1. The van der Waals surface area contributed by atoms with Crippen LogP contribution in [0.15, 0.2) is 70.4 Å². The Kier molecular flexibility index (Phi) is 4.50. The molecule has 0 aliphatic rings. The molecule has 5 nitrogen and oxygen atoms in total. The predicted molar refractivity (Wildman–Crippen MR) is 107 cm³/mol. The Morgan fingerprint density at radius 3 is 2.46 bits per heavy atom. The first kappa shape index (κ1) is 16.5. The average molecular weight is 362 g/mol. The van der Waals surface area contributed by atoms with E-state index in [0.29, 0.717) is 23.2 Å². The van der Waals surface area contributed by atoms with Crippen molar-refractivity contribution in [1.29, 1.82) is 0 Å². The lowest BCUT2D eigenvalue weighted by atomic mass is 10.1. The molecule has 2 aromatic carbocycles. The lowest BCUT2D eigenvalue weighted by Gasteiger charge is -2.07. The number of rotatable bonds is 5. The highest BCUT2D eigenvalue weighted by molar-refractivity contribution is 7.98. The number of benzene rings is 2. The second kappa shape index (κ2) is 7.09. The van der Waals surface area contributed by atoms with Crippen molar-refractivity contribution < 1.29 is 4.42 Å². The third-order valence-corrected chi connectivity index (χ3v) is 4.72. The molecule has 26 heavy (non-hydrogen) atoms. The molecule has 130 valence electrons. The van der Waals surface area contributed by atoms with Crippen LogP contribution in [-0.2, 0) is 6.54 Å². The van der Waals surface area contributed by atoms with E-state index >= 15 is 0 Å². The molecule has 4 aromatic rings. The average Bonchev–Trinajstić information content (AvgIpc) is 3.11. The van der Waals surface area contributed by atoms with Gasteiger partial charge in [0.05, 0.1) is 11.6 Å². The third-order valence-electron chi connectivity index (χ3n) is 4.17. The second-order valence-corrected chi connectivity index (χ2v) is 6.61. The smallest absolute Gasteiger partial charge is 0.232 e. The molecule has 0 bridgehead atoms. The van der Waals surface area contributed by atoms with Gasteiger partial charge in [0.15, 0.2) is 5.16 Å². The van der Waals surface area contributed by atoms with Gasteiger partial charge in [0.1, 0.15) is 5.82 Å². The van der Waals surface area contributed by atoms with Crippen molar-refractivity contribution >= 4 is 34.4 Å². The van der Waals surface area contributed by atoms with E-state index in [1.165, 1.54) is 22.9 Å². The Labute approximate surface area is 155 Å². The molecule has 0 unspecified atom stereocenters. The van der Waals surface area contributed by atoms with E-state index < -0.39 is 0 Å². The van der Waals surface area contributed by atoms with Crippen LogP contribution in [-0.4, -0.2) is 16.2 Å². The van der Waals surface area contributed by atoms with Gasteiger partial charge < -0.3 is 15.5 Å². The van der Waals surface area contributed by atoms with Crippen molar-refractivity contribution in [2.45, 2.75) is 11.7 Å². The number of anilines is 2. The number of hydrogen-bond acceptors (Lipinski definition) is 6. The molecule has 0 amide bonds. The molecule has 0 aliphatic carbocycles. The van der Waals surface area contributed by atoms with Crippen molar-refractivity contribution in [3.05, 3.63) is 66.4 Å². The van der Waals surface area contributed by atoms with Gasteiger partial charge in [-0.2, -0.15) is 4.98 Å². The van der Waals surface area contributed by atoms with Crippen molar-refractivity contribution in [3.63, 3.8) is 0 Å². The molecule has 0 atom stereocenters. The molecule has 0 saturated carbocycles. The number of nitrogens with zero attached hydrogens (tertiary/aromatic N) is 2. The molecular formula is C20H18N4OS. The predicted octanol–water partition coefficient (Wildman–Crippen LogP) is 4.81. The van der Waals surface area contributed by atoms with E-state index in [1.807, 2.05) is 24.5 Å². The number of aromatic nitrogens is 2. The van der Waals surface area contributed by atoms with Gasteiger partial charge in [-0.3, -0.25) is 0 Å². The lowest BCUT2D eigenvalue weighted by Crippen LogP contribution is -2.01. The summed E-state index contributed by atoms with van der Waals surface area (Å²) in [5.41, 5.74) is 11.0. The summed E-state index contributed by atoms with van der Waals surface area (Å²) in [4.78, 5) is 8.65.